The van der Waals surface area contributed by atoms with E-state index in [1.807, 2.05) is 18.4 Å². The lowest BCUT2D eigenvalue weighted by molar-refractivity contribution is 0.0521. The number of hydrogen-bond acceptors (Lipinski definition) is 8. The number of urea groups is 1. The van der Waals surface area contributed by atoms with Gasteiger partial charge in [-0.05, 0) is 49.7 Å². The molecule has 11 nitrogen and oxygen atoms in total. The molecule has 42 heavy (non-hydrogen) atoms. The topological polar surface area (TPSA) is 148 Å². The number of nitrogens with two attached hydrogens (primary N) is 1. The molecule has 1 aromatic carbocycles. The second-order valence-corrected chi connectivity index (χ2v) is 14.6. The Morgan fingerprint density at radius 3 is 2.48 bits per heavy atom. The number of amides is 2. The number of aliphatic hydroxyl groups is 1. The van der Waals surface area contributed by atoms with E-state index in [-0.39, 0.29) is 42.6 Å². The second-order valence-electron chi connectivity index (χ2n) is 12.7. The predicted molar refractivity (Wildman–Crippen MR) is 153 cm³/mol. The summed E-state index contributed by atoms with van der Waals surface area (Å²) in [6, 6.07) is 2.99. The fourth-order valence-electron chi connectivity index (χ4n) is 6.97. The number of aromatic nitrogens is 1. The van der Waals surface area contributed by atoms with Crippen LogP contribution in [0.3, 0.4) is 0 Å². The number of morpholine rings is 1. The normalized spacial score (nSPS) is 25.4. The predicted octanol–water partition coefficient (Wildman–Crippen LogP) is 2.72. The van der Waals surface area contributed by atoms with Gasteiger partial charge in [0.05, 0.1) is 54.0 Å². The number of hydrogen-bond donors (Lipinski definition) is 4. The van der Waals surface area contributed by atoms with Gasteiger partial charge in [-0.3, -0.25) is 0 Å². The smallest absolute Gasteiger partial charge is 0.317 e. The summed E-state index contributed by atoms with van der Waals surface area (Å²) in [7, 11) is -3.56. The summed E-state index contributed by atoms with van der Waals surface area (Å²) >= 11 is 0. The van der Waals surface area contributed by atoms with Crippen molar-refractivity contribution in [2.24, 2.45) is 11.1 Å². The van der Waals surface area contributed by atoms with Crippen LogP contribution in [0.15, 0.2) is 17.0 Å². The van der Waals surface area contributed by atoms with Crippen LogP contribution in [-0.4, -0.2) is 73.2 Å². The van der Waals surface area contributed by atoms with E-state index in [0.717, 1.165) is 25.7 Å². The molecule has 1 aliphatic carbocycles. The Bertz CT molecular complexity index is 1480. The summed E-state index contributed by atoms with van der Waals surface area (Å²) < 4.78 is 55.2. The third kappa shape index (κ3) is 5.52. The van der Waals surface area contributed by atoms with Crippen molar-refractivity contribution < 1.29 is 32.2 Å². The molecule has 2 fully saturated rings. The number of aliphatic hydroxyl groups excluding tert-OH is 1. The number of sulfone groups is 1. The molecule has 4 heterocycles. The summed E-state index contributed by atoms with van der Waals surface area (Å²) in [5.74, 6) is -0.636. The third-order valence-electron chi connectivity index (χ3n) is 8.83. The van der Waals surface area contributed by atoms with Gasteiger partial charge in [0.1, 0.15) is 12.0 Å². The molecule has 1 aromatic heterocycles. The van der Waals surface area contributed by atoms with Crippen LogP contribution in [0.25, 0.3) is 5.69 Å². The lowest BCUT2D eigenvalue weighted by Crippen LogP contribution is -2.50. The molecule has 6 rings (SSSR count). The fourth-order valence-corrected chi connectivity index (χ4v) is 9.32. The molecule has 13 heteroatoms. The molecule has 230 valence electrons. The number of rotatable bonds is 5. The van der Waals surface area contributed by atoms with Crippen LogP contribution in [0.4, 0.5) is 14.9 Å². The van der Waals surface area contributed by atoms with Crippen molar-refractivity contribution in [1.29, 1.82) is 0 Å². The maximum absolute atomic E-state index is 15.7. The van der Waals surface area contributed by atoms with Crippen LogP contribution in [0.5, 0.6) is 0 Å². The fraction of sp³-hybridized carbons (Fsp3) is 0.621. The number of anilines is 1. The Balaban J connectivity index is 1.27. The highest BCUT2D eigenvalue weighted by Crippen LogP contribution is 2.44. The highest BCUT2D eigenvalue weighted by Gasteiger charge is 2.43. The first-order chi connectivity index (χ1) is 19.9. The van der Waals surface area contributed by atoms with E-state index in [1.165, 1.54) is 6.07 Å². The van der Waals surface area contributed by atoms with Gasteiger partial charge in [0.15, 0.2) is 9.84 Å². The zero-order chi connectivity index (χ0) is 29.8. The number of benzene rings is 1. The number of fused-ring (bicyclic) bond motifs is 3. The molecule has 1 unspecified atom stereocenters. The lowest BCUT2D eigenvalue weighted by atomic mass is 9.89. The molecule has 2 aromatic rings. The summed E-state index contributed by atoms with van der Waals surface area (Å²) in [4.78, 5) is 14.7. The quantitative estimate of drug-likeness (QED) is 0.381. The first-order valence-electron chi connectivity index (χ1n) is 14.7. The van der Waals surface area contributed by atoms with Gasteiger partial charge in [0, 0.05) is 42.1 Å². The summed E-state index contributed by atoms with van der Waals surface area (Å²) in [5, 5.41) is 16.8. The number of carbonyl (C=O) groups is 1. The zero-order valence-corrected chi connectivity index (χ0v) is 24.9. The van der Waals surface area contributed by atoms with E-state index >= 15 is 4.39 Å². The van der Waals surface area contributed by atoms with Crippen LogP contribution in [0, 0.1) is 11.2 Å². The van der Waals surface area contributed by atoms with E-state index < -0.39 is 27.3 Å². The minimum atomic E-state index is -3.56. The van der Waals surface area contributed by atoms with Gasteiger partial charge < -0.3 is 40.4 Å². The van der Waals surface area contributed by atoms with Crippen molar-refractivity contribution >= 4 is 21.6 Å². The van der Waals surface area contributed by atoms with E-state index in [9.17, 15) is 18.3 Å². The Labute approximate surface area is 245 Å². The minimum Gasteiger partial charge on any atom is -0.382 e. The van der Waals surface area contributed by atoms with Gasteiger partial charge in [-0.1, -0.05) is 13.8 Å². The molecular formula is C29H40FN5O6S. The first kappa shape index (κ1) is 29.4. The Morgan fingerprint density at radius 2 is 1.79 bits per heavy atom. The summed E-state index contributed by atoms with van der Waals surface area (Å²) in [5.41, 5.74) is 8.12. The molecule has 1 saturated carbocycles. The molecular weight excluding hydrogens is 565 g/mol. The zero-order valence-electron chi connectivity index (χ0n) is 24.1. The van der Waals surface area contributed by atoms with Gasteiger partial charge >= 0.3 is 6.03 Å². The van der Waals surface area contributed by atoms with E-state index in [2.05, 4.69) is 10.6 Å². The van der Waals surface area contributed by atoms with Crippen molar-refractivity contribution in [1.82, 2.24) is 14.8 Å². The van der Waals surface area contributed by atoms with E-state index in [0.29, 0.717) is 65.9 Å². The summed E-state index contributed by atoms with van der Waals surface area (Å²) in [6.45, 7) is 6.53. The van der Waals surface area contributed by atoms with Crippen LogP contribution in [-0.2, 0) is 38.9 Å². The highest BCUT2D eigenvalue weighted by molar-refractivity contribution is 7.91. The molecule has 0 spiro atoms. The molecule has 3 aliphatic heterocycles. The van der Waals surface area contributed by atoms with Gasteiger partial charge in [-0.25, -0.2) is 17.6 Å². The number of nitrogens with zero attached hydrogens (tertiary/aromatic N) is 2. The van der Waals surface area contributed by atoms with Crippen LogP contribution in [0.1, 0.15) is 68.3 Å². The van der Waals surface area contributed by atoms with Crippen LogP contribution in [0.2, 0.25) is 0 Å². The van der Waals surface area contributed by atoms with Crippen molar-refractivity contribution in [2.75, 3.05) is 37.4 Å². The lowest BCUT2D eigenvalue weighted by Gasteiger charge is -2.34. The highest BCUT2D eigenvalue weighted by atomic mass is 32.2. The van der Waals surface area contributed by atoms with Gasteiger partial charge in [-0.15, -0.1) is 0 Å². The SMILES string of the molecule is CC1(C)Cc2c(c3c(n2-c2cc(F)c(C(N)O)c(NC4CCC(NC(=O)N5CCOCC5)CC4)c2)COC3)S(=O)(=O)C1. The molecule has 2 amide bonds. The van der Waals surface area contributed by atoms with Crippen LogP contribution >= 0.6 is 0 Å². The monoisotopic (exact) mass is 605 g/mol. The van der Waals surface area contributed by atoms with Gasteiger partial charge in [0.2, 0.25) is 0 Å². The molecule has 0 radical (unpaired) electrons. The third-order valence-corrected chi connectivity index (χ3v) is 11.1. The molecule has 1 atom stereocenters. The standard InChI is InChI=1S/C29H40FN5O6S/c1-29(2)13-23-26(42(38,39)16-29)20-14-41-15-24(20)35(23)19-11-21(30)25(27(31)36)22(12-19)32-17-3-5-18(6-4-17)33-28(37)34-7-9-40-10-8-34/h11-12,17-18,27,32,36H,3-10,13-16,31H2,1-2H3,(H,33,37). The maximum atomic E-state index is 15.7. The van der Waals surface area contributed by atoms with Crippen molar-refractivity contribution in [3.05, 3.63) is 40.5 Å². The average Bonchev–Trinajstić information content (AvgIpc) is 3.48. The molecule has 0 bridgehead atoms. The largest absolute Gasteiger partial charge is 0.382 e. The minimum absolute atomic E-state index is 0.0272. The van der Waals surface area contributed by atoms with Gasteiger partial charge in [0.25, 0.3) is 0 Å². The van der Waals surface area contributed by atoms with Crippen molar-refractivity contribution in [3.63, 3.8) is 0 Å². The maximum Gasteiger partial charge on any atom is 0.317 e. The van der Waals surface area contributed by atoms with Gasteiger partial charge in [-0.2, -0.15) is 0 Å². The first-order valence-corrected chi connectivity index (χ1v) is 16.3. The Morgan fingerprint density at radius 1 is 1.10 bits per heavy atom. The average molecular weight is 606 g/mol. The second kappa shape index (κ2) is 11.1. The Hall–Kier alpha value is -2.71. The van der Waals surface area contributed by atoms with E-state index in [4.69, 9.17) is 15.2 Å². The summed E-state index contributed by atoms with van der Waals surface area (Å²) in [6.07, 6.45) is 1.93. The van der Waals surface area contributed by atoms with Crippen molar-refractivity contribution in [3.8, 4) is 5.69 Å². The molecule has 1 saturated heterocycles. The Kier molecular flexibility index (Phi) is 7.75. The van der Waals surface area contributed by atoms with E-state index in [1.54, 1.807) is 11.0 Å². The van der Waals surface area contributed by atoms with Crippen LogP contribution < -0.4 is 16.4 Å². The number of carbonyl (C=O) groups excluding carboxylic acids is 1. The molecule has 4 aliphatic rings. The van der Waals surface area contributed by atoms with Crippen molar-refractivity contribution in [2.45, 2.75) is 82.4 Å². The molecule has 5 N–H and O–H groups in total. The number of nitrogens with one attached hydrogen (secondary N) is 2. The number of ether oxygens (including phenoxy) is 2. The number of halogens is 1.